The molecule has 0 aliphatic heterocycles. The van der Waals surface area contributed by atoms with Crippen molar-refractivity contribution in [3.63, 3.8) is 0 Å². The average molecular weight is 449 g/mol. The molecule has 0 spiro atoms. The molecule has 1 aliphatic rings. The zero-order valence-corrected chi connectivity index (χ0v) is 19.6. The van der Waals surface area contributed by atoms with E-state index in [9.17, 15) is 0 Å². The summed E-state index contributed by atoms with van der Waals surface area (Å²) in [6, 6.07) is 0. The Morgan fingerprint density at radius 2 is 1.38 bits per heavy atom. The lowest BCUT2D eigenvalue weighted by Gasteiger charge is -2.19. The second-order valence-corrected chi connectivity index (χ2v) is 7.89. The van der Waals surface area contributed by atoms with Crippen LogP contribution < -0.4 is 0 Å². The monoisotopic (exact) mass is 448 g/mol. The number of hydrogen-bond donors (Lipinski definition) is 0. The van der Waals surface area contributed by atoms with E-state index in [1.54, 1.807) is 0 Å². The van der Waals surface area contributed by atoms with Gasteiger partial charge in [-0.1, -0.05) is 63.6 Å². The van der Waals surface area contributed by atoms with Gasteiger partial charge in [-0.2, -0.15) is 38.4 Å². The maximum absolute atomic E-state index is 8.12. The summed E-state index contributed by atoms with van der Waals surface area (Å²) in [7, 11) is 0. The van der Waals surface area contributed by atoms with Gasteiger partial charge < -0.3 is 0 Å². The molecule has 32 heavy (non-hydrogen) atoms. The summed E-state index contributed by atoms with van der Waals surface area (Å²) in [5.41, 5.74) is 3.56. The van der Waals surface area contributed by atoms with Crippen LogP contribution in [-0.4, -0.2) is 24.6 Å². The Morgan fingerprint density at radius 3 is 1.56 bits per heavy atom. The van der Waals surface area contributed by atoms with Crippen molar-refractivity contribution in [3.05, 3.63) is 36.0 Å². The third-order valence-electron chi connectivity index (χ3n) is 3.51. The van der Waals surface area contributed by atoms with Crippen LogP contribution in [0.4, 0.5) is 0 Å². The van der Waals surface area contributed by atoms with Crippen molar-refractivity contribution < 1.29 is 38.4 Å². The SMILES string of the molecule is C#CCC(C)(C)CC=C(C)C.C=CC1=CCC(C)(C)C1.O=C=O.O=C=O.O=C=O.O=C=O. The van der Waals surface area contributed by atoms with Crippen molar-refractivity contribution >= 4 is 24.6 Å². The maximum Gasteiger partial charge on any atom is 0.373 e. The molecule has 0 N–H and O–H groups in total. The molecule has 0 radical (unpaired) electrons. The molecule has 1 aliphatic carbocycles. The van der Waals surface area contributed by atoms with E-state index >= 15 is 0 Å². The first-order chi connectivity index (χ1) is 14.8. The summed E-state index contributed by atoms with van der Waals surface area (Å²) in [5.74, 6) is 2.70. The first-order valence-corrected chi connectivity index (χ1v) is 9.13. The fourth-order valence-corrected chi connectivity index (χ4v) is 2.09. The van der Waals surface area contributed by atoms with E-state index in [2.05, 4.69) is 66.2 Å². The average Bonchev–Trinajstić information content (AvgIpc) is 3.02. The lowest BCUT2D eigenvalue weighted by atomic mass is 9.85. The molecule has 0 bridgehead atoms. The van der Waals surface area contributed by atoms with Gasteiger partial charge in [0.25, 0.3) is 0 Å². The lowest BCUT2D eigenvalue weighted by Crippen LogP contribution is -2.08. The van der Waals surface area contributed by atoms with E-state index in [1.165, 1.54) is 24.0 Å². The molecule has 1 rings (SSSR count). The number of allylic oxidation sites excluding steroid dienone is 5. The molecule has 0 amide bonds. The van der Waals surface area contributed by atoms with Crippen LogP contribution in [0.1, 0.15) is 67.2 Å². The molecule has 0 atom stereocenters. The van der Waals surface area contributed by atoms with Crippen LogP contribution >= 0.6 is 0 Å². The summed E-state index contributed by atoms with van der Waals surface area (Å²) in [5, 5.41) is 0. The van der Waals surface area contributed by atoms with Gasteiger partial charge in [0.15, 0.2) is 0 Å². The molecule has 0 aromatic heterocycles. The van der Waals surface area contributed by atoms with E-state index < -0.39 is 0 Å². The third-order valence-corrected chi connectivity index (χ3v) is 3.51. The van der Waals surface area contributed by atoms with Gasteiger partial charge in [0.05, 0.1) is 0 Å². The predicted molar refractivity (Wildman–Crippen MR) is 113 cm³/mol. The Kier molecular flexibility index (Phi) is 33.1. The van der Waals surface area contributed by atoms with E-state index in [0.29, 0.717) is 5.41 Å². The van der Waals surface area contributed by atoms with Crippen LogP contribution in [0.5, 0.6) is 0 Å². The highest BCUT2D eigenvalue weighted by atomic mass is 16.2. The topological polar surface area (TPSA) is 137 Å². The van der Waals surface area contributed by atoms with Crippen LogP contribution in [0.25, 0.3) is 0 Å². The Morgan fingerprint density at radius 1 is 1.00 bits per heavy atom. The fourth-order valence-electron chi connectivity index (χ4n) is 2.09. The van der Waals surface area contributed by atoms with E-state index in [0.717, 1.165) is 12.8 Å². The van der Waals surface area contributed by atoms with Crippen molar-refractivity contribution in [1.29, 1.82) is 0 Å². The lowest BCUT2D eigenvalue weighted by molar-refractivity contribution is -0.193. The highest BCUT2D eigenvalue weighted by Gasteiger charge is 2.22. The molecule has 0 unspecified atom stereocenters. The molecule has 0 heterocycles. The molecule has 8 heteroatoms. The summed E-state index contributed by atoms with van der Waals surface area (Å²) < 4.78 is 0. The van der Waals surface area contributed by atoms with Gasteiger partial charge in [0.2, 0.25) is 0 Å². The quantitative estimate of drug-likeness (QED) is 0.465. The van der Waals surface area contributed by atoms with Gasteiger partial charge in [-0.15, -0.1) is 12.3 Å². The predicted octanol–water partition coefficient (Wildman–Crippen LogP) is 3.98. The van der Waals surface area contributed by atoms with E-state index in [1.807, 2.05) is 6.08 Å². The van der Waals surface area contributed by atoms with Gasteiger partial charge in [-0.05, 0) is 43.9 Å². The first-order valence-electron chi connectivity index (χ1n) is 9.13. The van der Waals surface area contributed by atoms with Crippen molar-refractivity contribution in [2.45, 2.75) is 67.2 Å². The zero-order valence-electron chi connectivity index (χ0n) is 19.6. The van der Waals surface area contributed by atoms with Gasteiger partial charge in [-0.25, -0.2) is 0 Å². The maximum atomic E-state index is 8.12. The molecular weight excluding hydrogens is 416 g/mol. The van der Waals surface area contributed by atoms with E-state index in [-0.39, 0.29) is 30.0 Å². The molecule has 0 aromatic rings. The van der Waals surface area contributed by atoms with Gasteiger partial charge in [0, 0.05) is 6.42 Å². The van der Waals surface area contributed by atoms with Crippen molar-refractivity contribution in [3.8, 4) is 12.3 Å². The van der Waals surface area contributed by atoms with Crippen molar-refractivity contribution in [2.75, 3.05) is 0 Å². The van der Waals surface area contributed by atoms with Crippen LogP contribution in [0, 0.1) is 23.2 Å². The second kappa shape index (κ2) is 27.3. The van der Waals surface area contributed by atoms with Gasteiger partial charge in [-0.3, -0.25) is 0 Å². The van der Waals surface area contributed by atoms with Crippen LogP contribution in [0.2, 0.25) is 0 Å². The number of carbonyl (C=O) groups excluding carboxylic acids is 8. The minimum Gasteiger partial charge on any atom is -0.186 e. The summed E-state index contributed by atoms with van der Waals surface area (Å²) in [4.78, 5) is 65.0. The molecule has 0 aromatic carbocycles. The van der Waals surface area contributed by atoms with Crippen molar-refractivity contribution in [1.82, 2.24) is 0 Å². The molecule has 0 saturated carbocycles. The molecule has 0 fully saturated rings. The molecule has 176 valence electrons. The zero-order chi connectivity index (χ0) is 26.6. The summed E-state index contributed by atoms with van der Waals surface area (Å²) >= 11 is 0. The fraction of sp³-hybridized carbons (Fsp3) is 0.500. The molecular formula is C24H32O8. The van der Waals surface area contributed by atoms with Crippen molar-refractivity contribution in [2.24, 2.45) is 10.8 Å². The minimum absolute atomic E-state index is 0.250. The Balaban J connectivity index is -0.000000103. The van der Waals surface area contributed by atoms with Crippen LogP contribution in [0.3, 0.4) is 0 Å². The number of terminal acetylenes is 1. The normalized spacial score (nSPS) is 11.2. The van der Waals surface area contributed by atoms with E-state index in [4.69, 9.17) is 44.8 Å². The molecule has 0 saturated heterocycles. The highest BCUT2D eigenvalue weighted by molar-refractivity contribution is 5.23. The summed E-state index contributed by atoms with van der Waals surface area (Å²) in [6.07, 6.45) is 17.1. The van der Waals surface area contributed by atoms with Crippen LogP contribution in [0.15, 0.2) is 36.0 Å². The highest BCUT2D eigenvalue weighted by Crippen LogP contribution is 2.36. The standard InChI is InChI=1S/C11H18.C9H14.4CO2/c1-6-8-11(4,5)9-7-10(2)3;1-4-8-5-6-9(2,3)7-8;4*2-1-3/h1,7H,8-9H2,2-5H3;4-5H,1,6-7H2,2-3H3;;;;. The summed E-state index contributed by atoms with van der Waals surface area (Å²) in [6.45, 7) is 17.0. The van der Waals surface area contributed by atoms with Gasteiger partial charge in [0.1, 0.15) is 0 Å². The number of rotatable bonds is 4. The Hall–Kier alpha value is -3.70. The third kappa shape index (κ3) is 45.2. The molecule has 8 nitrogen and oxygen atoms in total. The Labute approximate surface area is 189 Å². The second-order valence-electron chi connectivity index (χ2n) is 7.89. The smallest absolute Gasteiger partial charge is 0.186 e. The minimum atomic E-state index is 0.250. The van der Waals surface area contributed by atoms with Crippen LogP contribution in [-0.2, 0) is 38.4 Å². The Bertz CT molecular complexity index is 685. The largest absolute Gasteiger partial charge is 0.373 e. The first kappa shape index (κ1) is 38.9. The van der Waals surface area contributed by atoms with Gasteiger partial charge >= 0.3 is 24.6 Å². The number of hydrogen-bond acceptors (Lipinski definition) is 8.